The number of nitrogens with one attached hydrogen (secondary N) is 2. The Bertz CT molecular complexity index is 724. The highest BCUT2D eigenvalue weighted by Gasteiger charge is 2.09. The van der Waals surface area contributed by atoms with Crippen LogP contribution < -0.4 is 10.9 Å². The molecule has 2 aromatic rings. The number of hydrogen-bond acceptors (Lipinski definition) is 6. The molecular weight excluding hydrogens is 314 g/mol. The molecule has 0 saturated carbocycles. The van der Waals surface area contributed by atoms with Crippen LogP contribution in [0.4, 0.5) is 11.4 Å². The molecule has 0 aliphatic rings. The highest BCUT2D eigenvalue weighted by atomic mass is 16.4. The molecule has 0 bridgehead atoms. The van der Waals surface area contributed by atoms with E-state index in [0.29, 0.717) is 17.1 Å². The molecule has 3 N–H and O–H groups in total. The molecule has 0 aliphatic carbocycles. The van der Waals surface area contributed by atoms with Crippen molar-refractivity contribution >= 4 is 28.5 Å². The zero-order chi connectivity index (χ0) is 18.2. The van der Waals surface area contributed by atoms with Gasteiger partial charge >= 0.3 is 0 Å². The Kier molecular flexibility index (Phi) is 6.28. The minimum atomic E-state index is 0.305. The second-order valence-electron chi connectivity index (χ2n) is 5.80. The van der Waals surface area contributed by atoms with Crippen LogP contribution in [0.25, 0.3) is 0 Å². The summed E-state index contributed by atoms with van der Waals surface area (Å²) >= 11 is 0. The quantitative estimate of drug-likeness (QED) is 0.415. The first kappa shape index (κ1) is 18.2. The van der Waals surface area contributed by atoms with Crippen LogP contribution in [0.1, 0.15) is 25.0 Å². The lowest BCUT2D eigenvalue weighted by Crippen LogP contribution is -2.22. The van der Waals surface area contributed by atoms with Gasteiger partial charge < -0.3 is 5.21 Å². The maximum absolute atomic E-state index is 9.30. The van der Waals surface area contributed by atoms with Crippen molar-refractivity contribution in [1.82, 2.24) is 0 Å². The van der Waals surface area contributed by atoms with Crippen LogP contribution in [-0.2, 0) is 0 Å². The minimum Gasteiger partial charge on any atom is -0.410 e. The molecule has 130 valence electrons. The normalized spacial score (nSPS) is 11.8. The number of benzene rings is 2. The summed E-state index contributed by atoms with van der Waals surface area (Å²) in [5.74, 6) is 0. The zero-order valence-corrected chi connectivity index (χ0v) is 14.9. The van der Waals surface area contributed by atoms with Crippen molar-refractivity contribution in [2.24, 2.45) is 15.4 Å². The van der Waals surface area contributed by atoms with Crippen molar-refractivity contribution in [3.05, 3.63) is 59.7 Å². The molecular formula is C19H23N5O. The van der Waals surface area contributed by atoms with Gasteiger partial charge in [-0.3, -0.25) is 10.9 Å². The van der Waals surface area contributed by atoms with Crippen molar-refractivity contribution < 1.29 is 5.21 Å². The van der Waals surface area contributed by atoms with Crippen LogP contribution in [0.5, 0.6) is 0 Å². The Labute approximate surface area is 148 Å². The topological polar surface area (TPSA) is 81.4 Å². The highest BCUT2D eigenvalue weighted by molar-refractivity contribution is 6.67. The van der Waals surface area contributed by atoms with Gasteiger partial charge in [-0.15, -0.1) is 0 Å². The van der Waals surface area contributed by atoms with E-state index in [0.717, 1.165) is 11.4 Å². The zero-order valence-electron chi connectivity index (χ0n) is 14.9. The molecule has 0 saturated heterocycles. The van der Waals surface area contributed by atoms with E-state index < -0.39 is 0 Å². The monoisotopic (exact) mass is 337 g/mol. The van der Waals surface area contributed by atoms with Crippen molar-refractivity contribution in [3.8, 4) is 0 Å². The van der Waals surface area contributed by atoms with Gasteiger partial charge in [0.15, 0.2) is 0 Å². The van der Waals surface area contributed by atoms with Gasteiger partial charge in [0.2, 0.25) is 0 Å². The Morgan fingerprint density at radius 3 is 1.40 bits per heavy atom. The number of oxime groups is 1. The second kappa shape index (κ2) is 8.63. The Morgan fingerprint density at radius 1 is 0.720 bits per heavy atom. The van der Waals surface area contributed by atoms with Crippen LogP contribution in [0.3, 0.4) is 0 Å². The average Bonchev–Trinajstić information content (AvgIpc) is 2.61. The molecule has 0 atom stereocenters. The first-order valence-electron chi connectivity index (χ1n) is 7.96. The number of hydrazone groups is 2. The van der Waals surface area contributed by atoms with Crippen molar-refractivity contribution in [3.63, 3.8) is 0 Å². The van der Waals surface area contributed by atoms with E-state index in [1.807, 2.05) is 62.4 Å². The molecule has 6 heteroatoms. The molecule has 6 nitrogen and oxygen atoms in total. The summed E-state index contributed by atoms with van der Waals surface area (Å²) in [6.45, 7) is 7.55. The molecule has 2 rings (SSSR count). The van der Waals surface area contributed by atoms with Gasteiger partial charge in [-0.2, -0.15) is 10.2 Å². The van der Waals surface area contributed by atoms with Gasteiger partial charge in [0.1, 0.15) is 5.71 Å². The Balaban J connectivity index is 2.05. The molecule has 0 aromatic heterocycles. The van der Waals surface area contributed by atoms with E-state index in [1.54, 1.807) is 13.8 Å². The van der Waals surface area contributed by atoms with Crippen molar-refractivity contribution in [1.29, 1.82) is 0 Å². The lowest BCUT2D eigenvalue weighted by Gasteiger charge is -2.07. The van der Waals surface area contributed by atoms with Gasteiger partial charge in [-0.1, -0.05) is 40.5 Å². The number of nitrogens with zero attached hydrogens (tertiary/aromatic N) is 3. The van der Waals surface area contributed by atoms with Crippen LogP contribution in [0, 0.1) is 13.8 Å². The van der Waals surface area contributed by atoms with Gasteiger partial charge in [-0.25, -0.2) is 0 Å². The van der Waals surface area contributed by atoms with E-state index in [-0.39, 0.29) is 0 Å². The molecule has 0 amide bonds. The summed E-state index contributed by atoms with van der Waals surface area (Å²) in [6.07, 6.45) is 0. The van der Waals surface area contributed by atoms with E-state index in [1.165, 1.54) is 11.1 Å². The van der Waals surface area contributed by atoms with Gasteiger partial charge in [0.05, 0.1) is 22.8 Å². The van der Waals surface area contributed by atoms with Crippen LogP contribution in [-0.4, -0.2) is 22.3 Å². The summed E-state index contributed by atoms with van der Waals surface area (Å²) < 4.78 is 0. The number of aryl methyl sites for hydroxylation is 2. The fourth-order valence-electron chi connectivity index (χ4n) is 2.07. The number of anilines is 2. The maximum Gasteiger partial charge on any atom is 0.148 e. The third-order valence-electron chi connectivity index (χ3n) is 3.59. The first-order chi connectivity index (χ1) is 12.0. The Hall–Kier alpha value is -3.15. The largest absolute Gasteiger partial charge is 0.410 e. The minimum absolute atomic E-state index is 0.305. The predicted molar refractivity (Wildman–Crippen MR) is 105 cm³/mol. The lowest BCUT2D eigenvalue weighted by atomic mass is 10.2. The smallest absolute Gasteiger partial charge is 0.148 e. The van der Waals surface area contributed by atoms with E-state index in [2.05, 4.69) is 26.2 Å². The number of hydrogen-bond donors (Lipinski definition) is 3. The van der Waals surface area contributed by atoms with Gasteiger partial charge in [0, 0.05) is 0 Å². The lowest BCUT2D eigenvalue weighted by molar-refractivity contribution is 0.321. The molecule has 25 heavy (non-hydrogen) atoms. The molecule has 0 unspecified atom stereocenters. The molecule has 0 radical (unpaired) electrons. The SMILES string of the molecule is C/C(=N/Nc1ccc(C)cc1)C(=NO)/C(C)=N\Nc1ccc(C)cc1. The van der Waals surface area contributed by atoms with E-state index >= 15 is 0 Å². The molecule has 0 heterocycles. The van der Waals surface area contributed by atoms with Crippen LogP contribution in [0.15, 0.2) is 63.9 Å². The fourth-order valence-corrected chi connectivity index (χ4v) is 2.07. The molecule has 0 fully saturated rings. The number of rotatable bonds is 6. The summed E-state index contributed by atoms with van der Waals surface area (Å²) in [5, 5.41) is 21.1. The van der Waals surface area contributed by atoms with Crippen molar-refractivity contribution in [2.45, 2.75) is 27.7 Å². The van der Waals surface area contributed by atoms with E-state index in [4.69, 9.17) is 0 Å². The third-order valence-corrected chi connectivity index (χ3v) is 3.59. The summed E-state index contributed by atoms with van der Waals surface area (Å²) in [7, 11) is 0. The fraction of sp³-hybridized carbons (Fsp3) is 0.211. The summed E-state index contributed by atoms with van der Waals surface area (Å²) in [4.78, 5) is 0. The first-order valence-corrected chi connectivity index (χ1v) is 7.96. The van der Waals surface area contributed by atoms with Crippen molar-refractivity contribution in [2.75, 3.05) is 10.9 Å². The van der Waals surface area contributed by atoms with Gasteiger partial charge in [0.25, 0.3) is 0 Å². The van der Waals surface area contributed by atoms with Crippen LogP contribution >= 0.6 is 0 Å². The van der Waals surface area contributed by atoms with Gasteiger partial charge in [-0.05, 0) is 52.0 Å². The standard InChI is InChI=1S/C19H23N5O/c1-13-5-9-17(10-6-13)22-20-15(3)19(24-25)16(4)21-23-18-11-7-14(2)8-12-18/h5-12,22-23,25H,1-4H3/b20-15-,21-16-. The molecule has 0 spiro atoms. The van der Waals surface area contributed by atoms with Crippen LogP contribution in [0.2, 0.25) is 0 Å². The second-order valence-corrected chi connectivity index (χ2v) is 5.80. The molecule has 0 aliphatic heterocycles. The summed E-state index contributed by atoms with van der Waals surface area (Å²) in [5.41, 5.74) is 11.3. The predicted octanol–water partition coefficient (Wildman–Crippen LogP) is 4.41. The maximum atomic E-state index is 9.30. The highest BCUT2D eigenvalue weighted by Crippen LogP contribution is 2.09. The Morgan fingerprint density at radius 2 is 1.08 bits per heavy atom. The third kappa shape index (κ3) is 5.46. The van der Waals surface area contributed by atoms with E-state index in [9.17, 15) is 5.21 Å². The molecule has 2 aromatic carbocycles. The summed E-state index contributed by atoms with van der Waals surface area (Å²) in [6, 6.07) is 15.7. The average molecular weight is 337 g/mol.